The fourth-order valence-electron chi connectivity index (χ4n) is 1.63. The number of hydrogen-bond donors (Lipinski definition) is 2. The third kappa shape index (κ3) is 6.89. The van der Waals surface area contributed by atoms with Gasteiger partial charge in [-0.25, -0.2) is 0 Å². The molecule has 0 aromatic heterocycles. The van der Waals surface area contributed by atoms with E-state index in [0.29, 0.717) is 26.4 Å². The molecule has 0 saturated carbocycles. The minimum Gasteiger partial charge on any atom is -0.389 e. The molecule has 2 N–H and O–H groups in total. The van der Waals surface area contributed by atoms with Crippen LogP contribution in [0.4, 0.5) is 0 Å². The van der Waals surface area contributed by atoms with Crippen LogP contribution in [0.5, 0.6) is 0 Å². The molecule has 1 unspecified atom stereocenters. The lowest BCUT2D eigenvalue weighted by molar-refractivity contribution is 0.0130. The molecule has 5 heteroatoms. The van der Waals surface area contributed by atoms with E-state index < -0.39 is 6.10 Å². The molecule has 2 atom stereocenters. The number of aliphatic hydroxyl groups is 1. The molecule has 0 amide bonds. The van der Waals surface area contributed by atoms with Gasteiger partial charge in [0.2, 0.25) is 0 Å². The summed E-state index contributed by atoms with van der Waals surface area (Å²) < 4.78 is 10.1. The smallest absolute Gasteiger partial charge is 0.0897 e. The van der Waals surface area contributed by atoms with E-state index >= 15 is 0 Å². The monoisotopic (exact) mass is 287 g/mol. The molecule has 19 heavy (non-hydrogen) atoms. The van der Waals surface area contributed by atoms with E-state index in [1.165, 1.54) is 0 Å². The van der Waals surface area contributed by atoms with Gasteiger partial charge in [0.05, 0.1) is 25.9 Å². The average Bonchev–Trinajstić information content (AvgIpc) is 2.41. The fourth-order valence-corrected chi connectivity index (χ4v) is 1.83. The van der Waals surface area contributed by atoms with Crippen LogP contribution < -0.4 is 5.32 Å². The third-order valence-electron chi connectivity index (χ3n) is 2.75. The SMILES string of the molecule is COCCOCC(O)CN[C@@H](C)c1cccc(Cl)c1. The van der Waals surface area contributed by atoms with Gasteiger partial charge in [-0.2, -0.15) is 0 Å². The summed E-state index contributed by atoms with van der Waals surface area (Å²) in [7, 11) is 1.62. The molecule has 1 aromatic rings. The van der Waals surface area contributed by atoms with Gasteiger partial charge in [0.25, 0.3) is 0 Å². The van der Waals surface area contributed by atoms with Gasteiger partial charge in [-0.3, -0.25) is 0 Å². The third-order valence-corrected chi connectivity index (χ3v) is 2.99. The van der Waals surface area contributed by atoms with Gasteiger partial charge < -0.3 is 19.9 Å². The van der Waals surface area contributed by atoms with E-state index in [-0.39, 0.29) is 6.04 Å². The maximum Gasteiger partial charge on any atom is 0.0897 e. The summed E-state index contributed by atoms with van der Waals surface area (Å²) >= 11 is 5.94. The Morgan fingerprint density at radius 2 is 2.16 bits per heavy atom. The molecule has 0 aliphatic carbocycles. The number of aliphatic hydroxyl groups excluding tert-OH is 1. The van der Waals surface area contributed by atoms with Crippen LogP contribution in [-0.2, 0) is 9.47 Å². The van der Waals surface area contributed by atoms with Crippen molar-refractivity contribution in [3.8, 4) is 0 Å². The van der Waals surface area contributed by atoms with Gasteiger partial charge in [-0.15, -0.1) is 0 Å². The normalized spacial score (nSPS) is 14.3. The summed E-state index contributed by atoms with van der Waals surface area (Å²) in [6.07, 6.45) is -0.529. The number of methoxy groups -OCH3 is 1. The molecule has 0 spiro atoms. The molecule has 0 fully saturated rings. The highest BCUT2D eigenvalue weighted by molar-refractivity contribution is 6.30. The van der Waals surface area contributed by atoms with Crippen LogP contribution in [0.15, 0.2) is 24.3 Å². The second kappa shape index (κ2) is 9.28. The first kappa shape index (κ1) is 16.4. The maximum absolute atomic E-state index is 9.74. The Morgan fingerprint density at radius 3 is 2.84 bits per heavy atom. The summed E-state index contributed by atoms with van der Waals surface area (Å²) in [6.45, 7) is 3.85. The summed E-state index contributed by atoms with van der Waals surface area (Å²) in [5, 5.41) is 13.7. The van der Waals surface area contributed by atoms with Gasteiger partial charge in [0, 0.05) is 24.7 Å². The molecule has 0 saturated heterocycles. The molecule has 0 aliphatic heterocycles. The van der Waals surface area contributed by atoms with Crippen molar-refractivity contribution in [1.29, 1.82) is 0 Å². The molecule has 1 rings (SSSR count). The Balaban J connectivity index is 2.24. The van der Waals surface area contributed by atoms with Crippen molar-refractivity contribution in [3.05, 3.63) is 34.9 Å². The van der Waals surface area contributed by atoms with E-state index in [4.69, 9.17) is 21.1 Å². The van der Waals surface area contributed by atoms with Crippen molar-refractivity contribution in [1.82, 2.24) is 5.32 Å². The zero-order chi connectivity index (χ0) is 14.1. The first-order valence-corrected chi connectivity index (χ1v) is 6.75. The number of nitrogens with one attached hydrogen (secondary N) is 1. The first-order chi connectivity index (χ1) is 9.13. The molecule has 0 heterocycles. The average molecular weight is 288 g/mol. The Bertz CT molecular complexity index is 362. The van der Waals surface area contributed by atoms with E-state index in [1.54, 1.807) is 7.11 Å². The molecule has 0 aliphatic rings. The Morgan fingerprint density at radius 1 is 1.37 bits per heavy atom. The van der Waals surface area contributed by atoms with Crippen molar-refractivity contribution in [3.63, 3.8) is 0 Å². The Hall–Kier alpha value is -0.650. The highest BCUT2D eigenvalue weighted by Crippen LogP contribution is 2.17. The van der Waals surface area contributed by atoms with Gasteiger partial charge in [0.15, 0.2) is 0 Å². The second-order valence-electron chi connectivity index (χ2n) is 4.41. The van der Waals surface area contributed by atoms with Crippen LogP contribution >= 0.6 is 11.6 Å². The van der Waals surface area contributed by atoms with Gasteiger partial charge >= 0.3 is 0 Å². The zero-order valence-corrected chi connectivity index (χ0v) is 12.2. The molecule has 4 nitrogen and oxygen atoms in total. The minimum atomic E-state index is -0.529. The number of hydrogen-bond acceptors (Lipinski definition) is 4. The lowest BCUT2D eigenvalue weighted by atomic mass is 10.1. The lowest BCUT2D eigenvalue weighted by Crippen LogP contribution is -2.32. The van der Waals surface area contributed by atoms with Crippen molar-refractivity contribution in [2.24, 2.45) is 0 Å². The molecular formula is C14H22ClNO3. The summed E-state index contributed by atoms with van der Waals surface area (Å²) in [4.78, 5) is 0. The topological polar surface area (TPSA) is 50.7 Å². The zero-order valence-electron chi connectivity index (χ0n) is 11.4. The predicted octanol–water partition coefficient (Wildman–Crippen LogP) is 2.01. The number of rotatable bonds is 9. The maximum atomic E-state index is 9.74. The van der Waals surface area contributed by atoms with E-state index in [0.717, 1.165) is 10.6 Å². The van der Waals surface area contributed by atoms with E-state index in [1.807, 2.05) is 31.2 Å². The molecule has 0 radical (unpaired) electrons. The Labute approximate surface area is 119 Å². The van der Waals surface area contributed by atoms with Crippen molar-refractivity contribution < 1.29 is 14.6 Å². The number of benzene rings is 1. The van der Waals surface area contributed by atoms with Crippen LogP contribution in [0.2, 0.25) is 5.02 Å². The summed E-state index contributed by atoms with van der Waals surface area (Å²) in [6, 6.07) is 7.81. The van der Waals surface area contributed by atoms with Crippen LogP contribution in [0.1, 0.15) is 18.5 Å². The van der Waals surface area contributed by atoms with Crippen molar-refractivity contribution in [2.75, 3.05) is 33.5 Å². The minimum absolute atomic E-state index is 0.132. The number of halogens is 1. The van der Waals surface area contributed by atoms with Crippen LogP contribution in [0, 0.1) is 0 Å². The summed E-state index contributed by atoms with van der Waals surface area (Å²) in [5.41, 5.74) is 1.10. The number of ether oxygens (including phenoxy) is 2. The van der Waals surface area contributed by atoms with Crippen molar-refractivity contribution in [2.45, 2.75) is 19.1 Å². The van der Waals surface area contributed by atoms with E-state index in [2.05, 4.69) is 5.32 Å². The largest absolute Gasteiger partial charge is 0.389 e. The second-order valence-corrected chi connectivity index (χ2v) is 4.84. The van der Waals surface area contributed by atoms with E-state index in [9.17, 15) is 5.11 Å². The van der Waals surface area contributed by atoms with Crippen LogP contribution in [0.3, 0.4) is 0 Å². The standard InChI is InChI=1S/C14H22ClNO3/c1-11(12-4-3-5-13(15)8-12)16-9-14(17)10-19-7-6-18-2/h3-5,8,11,14,16-17H,6-7,9-10H2,1-2H3/t11-,14?/m0/s1. The van der Waals surface area contributed by atoms with Crippen LogP contribution in [-0.4, -0.2) is 44.7 Å². The van der Waals surface area contributed by atoms with Gasteiger partial charge in [-0.1, -0.05) is 23.7 Å². The van der Waals surface area contributed by atoms with Crippen LogP contribution in [0.25, 0.3) is 0 Å². The highest BCUT2D eigenvalue weighted by Gasteiger charge is 2.09. The van der Waals surface area contributed by atoms with Gasteiger partial charge in [0.1, 0.15) is 0 Å². The van der Waals surface area contributed by atoms with Gasteiger partial charge in [-0.05, 0) is 24.6 Å². The molecular weight excluding hydrogens is 266 g/mol. The highest BCUT2D eigenvalue weighted by atomic mass is 35.5. The summed E-state index contributed by atoms with van der Waals surface area (Å²) in [5.74, 6) is 0. The fraction of sp³-hybridized carbons (Fsp3) is 0.571. The Kier molecular flexibility index (Phi) is 8.02. The molecule has 108 valence electrons. The van der Waals surface area contributed by atoms with Crippen molar-refractivity contribution >= 4 is 11.6 Å². The molecule has 1 aromatic carbocycles. The first-order valence-electron chi connectivity index (χ1n) is 6.37. The predicted molar refractivity (Wildman–Crippen MR) is 76.6 cm³/mol. The lowest BCUT2D eigenvalue weighted by Gasteiger charge is -2.17. The quantitative estimate of drug-likeness (QED) is 0.682. The molecule has 0 bridgehead atoms.